The molecule has 0 aliphatic carbocycles. The Kier molecular flexibility index (Phi) is 6.50. The number of nitrogens with zero attached hydrogens (tertiary/aromatic N) is 4. The summed E-state index contributed by atoms with van der Waals surface area (Å²) in [7, 11) is 1.59. The van der Waals surface area contributed by atoms with Crippen molar-refractivity contribution in [1.29, 1.82) is 0 Å². The van der Waals surface area contributed by atoms with Crippen molar-refractivity contribution < 1.29 is 14.5 Å². The largest absolute Gasteiger partial charge is 0.496 e. The van der Waals surface area contributed by atoms with Crippen molar-refractivity contribution in [2.24, 2.45) is 0 Å². The Balaban J connectivity index is 1.33. The zero-order chi connectivity index (χ0) is 25.2. The summed E-state index contributed by atoms with van der Waals surface area (Å²) < 4.78 is 5.48. The third-order valence-electron chi connectivity index (χ3n) is 7.21. The monoisotopic (exact) mass is 486 g/mol. The van der Waals surface area contributed by atoms with E-state index in [1.54, 1.807) is 19.2 Å². The number of anilines is 2. The third kappa shape index (κ3) is 4.46. The second kappa shape index (κ2) is 9.89. The number of fused-ring (bicyclic) bond motifs is 1. The molecule has 0 atom stereocenters. The fraction of sp³-hybridized carbons (Fsp3) is 0.321. The van der Waals surface area contributed by atoms with Crippen molar-refractivity contribution in [2.75, 3.05) is 49.6 Å². The minimum Gasteiger partial charge on any atom is -0.496 e. The molecule has 0 saturated carbocycles. The summed E-state index contributed by atoms with van der Waals surface area (Å²) >= 11 is 0. The minimum atomic E-state index is -0.300. The number of hydrogen-bond acceptors (Lipinski definition) is 6. The van der Waals surface area contributed by atoms with E-state index in [-0.39, 0.29) is 16.5 Å². The molecule has 0 spiro atoms. The maximum Gasteiger partial charge on any atom is 0.292 e. The third-order valence-corrected chi connectivity index (χ3v) is 7.21. The number of piperazine rings is 1. The van der Waals surface area contributed by atoms with Gasteiger partial charge in [-0.25, -0.2) is 0 Å². The molecule has 2 aliphatic heterocycles. The van der Waals surface area contributed by atoms with E-state index in [4.69, 9.17) is 4.74 Å². The van der Waals surface area contributed by atoms with E-state index in [2.05, 4.69) is 21.9 Å². The predicted octanol–water partition coefficient (Wildman–Crippen LogP) is 4.44. The predicted molar refractivity (Wildman–Crippen MR) is 140 cm³/mol. The summed E-state index contributed by atoms with van der Waals surface area (Å²) in [6, 6.07) is 19.3. The lowest BCUT2D eigenvalue weighted by molar-refractivity contribution is -0.384. The Morgan fingerprint density at radius 2 is 1.67 bits per heavy atom. The SMILES string of the molecule is COc1c(C)cccc1C(=O)N1CCN(c2ccc([N+](=O)[O-])c(N3CCc4ccccc4C3)c2)CC1. The minimum absolute atomic E-state index is 0.0356. The van der Waals surface area contributed by atoms with E-state index in [1.165, 1.54) is 11.1 Å². The molecule has 1 fully saturated rings. The maximum absolute atomic E-state index is 13.2. The normalized spacial score (nSPS) is 15.4. The van der Waals surface area contributed by atoms with Crippen LogP contribution < -0.4 is 14.5 Å². The van der Waals surface area contributed by atoms with Crippen molar-refractivity contribution in [3.63, 3.8) is 0 Å². The fourth-order valence-corrected chi connectivity index (χ4v) is 5.25. The van der Waals surface area contributed by atoms with Crippen molar-refractivity contribution in [1.82, 2.24) is 4.90 Å². The lowest BCUT2D eigenvalue weighted by atomic mass is 9.99. The molecule has 0 radical (unpaired) electrons. The molecule has 0 bridgehead atoms. The number of carbonyl (C=O) groups is 1. The van der Waals surface area contributed by atoms with Crippen LogP contribution in [0.15, 0.2) is 60.7 Å². The van der Waals surface area contributed by atoms with Gasteiger partial charge in [-0.1, -0.05) is 36.4 Å². The Morgan fingerprint density at radius 1 is 0.917 bits per heavy atom. The van der Waals surface area contributed by atoms with E-state index in [0.717, 1.165) is 24.2 Å². The van der Waals surface area contributed by atoms with Gasteiger partial charge in [0.15, 0.2) is 0 Å². The average Bonchev–Trinajstić information content (AvgIpc) is 2.92. The van der Waals surface area contributed by atoms with Gasteiger partial charge in [-0.05, 0) is 48.2 Å². The van der Waals surface area contributed by atoms with Gasteiger partial charge in [0.25, 0.3) is 11.6 Å². The highest BCUT2D eigenvalue weighted by atomic mass is 16.6. The lowest BCUT2D eigenvalue weighted by Crippen LogP contribution is -2.49. The zero-order valence-electron chi connectivity index (χ0n) is 20.6. The van der Waals surface area contributed by atoms with Gasteiger partial charge in [0.1, 0.15) is 11.4 Å². The molecule has 0 aromatic heterocycles. The molecule has 2 aliphatic rings. The molecular formula is C28H30N4O4. The highest BCUT2D eigenvalue weighted by Gasteiger charge is 2.28. The van der Waals surface area contributed by atoms with Crippen LogP contribution in [0.2, 0.25) is 0 Å². The molecule has 3 aromatic rings. The van der Waals surface area contributed by atoms with E-state index in [1.807, 2.05) is 48.2 Å². The number of rotatable bonds is 5. The highest BCUT2D eigenvalue weighted by Crippen LogP contribution is 2.36. The Morgan fingerprint density at radius 3 is 2.39 bits per heavy atom. The number of para-hydroxylation sites is 1. The van der Waals surface area contributed by atoms with Crippen molar-refractivity contribution in [3.8, 4) is 5.75 Å². The molecular weight excluding hydrogens is 456 g/mol. The van der Waals surface area contributed by atoms with Gasteiger partial charge in [0.05, 0.1) is 17.6 Å². The van der Waals surface area contributed by atoms with Gasteiger partial charge in [0, 0.05) is 51.0 Å². The van der Waals surface area contributed by atoms with E-state index >= 15 is 0 Å². The molecule has 5 rings (SSSR count). The number of nitro benzene ring substituents is 1. The van der Waals surface area contributed by atoms with Crippen LogP contribution >= 0.6 is 0 Å². The first-order chi connectivity index (χ1) is 17.5. The van der Waals surface area contributed by atoms with Crippen LogP contribution in [-0.2, 0) is 13.0 Å². The van der Waals surface area contributed by atoms with Gasteiger partial charge >= 0.3 is 0 Å². The number of benzene rings is 3. The summed E-state index contributed by atoms with van der Waals surface area (Å²) in [5, 5.41) is 11.8. The van der Waals surface area contributed by atoms with Gasteiger partial charge in [0.2, 0.25) is 0 Å². The Labute approximate surface area is 210 Å². The number of hydrogen-bond donors (Lipinski definition) is 0. The molecule has 36 heavy (non-hydrogen) atoms. The summed E-state index contributed by atoms with van der Waals surface area (Å²) in [5.41, 5.74) is 5.73. The molecule has 0 N–H and O–H groups in total. The molecule has 0 unspecified atom stereocenters. The quantitative estimate of drug-likeness (QED) is 0.392. The summed E-state index contributed by atoms with van der Waals surface area (Å²) in [6.45, 7) is 5.77. The van der Waals surface area contributed by atoms with Crippen LogP contribution in [0.1, 0.15) is 27.0 Å². The van der Waals surface area contributed by atoms with Crippen molar-refractivity contribution >= 4 is 23.0 Å². The Bertz CT molecular complexity index is 1300. The topological polar surface area (TPSA) is 79.2 Å². The van der Waals surface area contributed by atoms with E-state index < -0.39 is 0 Å². The number of methoxy groups -OCH3 is 1. The Hall–Kier alpha value is -4.07. The zero-order valence-corrected chi connectivity index (χ0v) is 20.6. The summed E-state index contributed by atoms with van der Waals surface area (Å²) in [6.07, 6.45) is 0.862. The van der Waals surface area contributed by atoms with Gasteiger partial charge in [-0.2, -0.15) is 0 Å². The molecule has 8 heteroatoms. The van der Waals surface area contributed by atoms with Crippen molar-refractivity contribution in [3.05, 3.63) is 93.0 Å². The van der Waals surface area contributed by atoms with Crippen LogP contribution in [0.4, 0.5) is 17.1 Å². The smallest absolute Gasteiger partial charge is 0.292 e. The standard InChI is InChI=1S/C28H30N4O4/c1-20-6-5-9-24(27(20)36-2)28(33)30-16-14-29(15-17-30)23-10-11-25(32(34)35)26(18-23)31-13-12-21-7-3-4-8-22(21)19-31/h3-11,18H,12-17,19H2,1-2H3. The molecule has 3 aromatic carbocycles. The second-order valence-electron chi connectivity index (χ2n) is 9.31. The number of ether oxygens (including phenoxy) is 1. The number of carbonyl (C=O) groups excluding carboxylic acids is 1. The molecule has 186 valence electrons. The maximum atomic E-state index is 13.2. The fourth-order valence-electron chi connectivity index (χ4n) is 5.25. The highest BCUT2D eigenvalue weighted by molar-refractivity contribution is 5.97. The molecule has 8 nitrogen and oxygen atoms in total. The number of nitro groups is 1. The van der Waals surface area contributed by atoms with Crippen LogP contribution in [0.3, 0.4) is 0 Å². The van der Waals surface area contributed by atoms with Crippen LogP contribution in [0.5, 0.6) is 5.75 Å². The average molecular weight is 487 g/mol. The summed E-state index contributed by atoms with van der Waals surface area (Å²) in [5.74, 6) is 0.583. The molecule has 2 heterocycles. The lowest BCUT2D eigenvalue weighted by Gasteiger charge is -2.37. The second-order valence-corrected chi connectivity index (χ2v) is 9.31. The van der Waals surface area contributed by atoms with E-state index in [0.29, 0.717) is 49.7 Å². The first-order valence-corrected chi connectivity index (χ1v) is 12.2. The molecule has 1 amide bonds. The number of aryl methyl sites for hydroxylation is 1. The van der Waals surface area contributed by atoms with Crippen LogP contribution in [0, 0.1) is 17.0 Å². The number of amides is 1. The van der Waals surface area contributed by atoms with Gasteiger partial charge in [-0.15, -0.1) is 0 Å². The van der Waals surface area contributed by atoms with Gasteiger partial charge in [-0.3, -0.25) is 14.9 Å². The van der Waals surface area contributed by atoms with Crippen molar-refractivity contribution in [2.45, 2.75) is 19.9 Å². The van der Waals surface area contributed by atoms with Gasteiger partial charge < -0.3 is 19.4 Å². The summed E-state index contributed by atoms with van der Waals surface area (Å²) in [4.78, 5) is 30.9. The first-order valence-electron chi connectivity index (χ1n) is 12.2. The van der Waals surface area contributed by atoms with Crippen LogP contribution in [0.25, 0.3) is 0 Å². The van der Waals surface area contributed by atoms with Crippen LogP contribution in [-0.4, -0.2) is 55.6 Å². The first kappa shape index (κ1) is 23.7. The molecule has 1 saturated heterocycles. The van der Waals surface area contributed by atoms with E-state index in [9.17, 15) is 14.9 Å².